The van der Waals surface area contributed by atoms with E-state index in [1.807, 2.05) is 0 Å². The molecule has 142 valence electrons. The van der Waals surface area contributed by atoms with Gasteiger partial charge >= 0.3 is 0 Å². The summed E-state index contributed by atoms with van der Waals surface area (Å²) in [6.45, 7) is 3.61. The Kier molecular flexibility index (Phi) is 5.00. The molecule has 2 aliphatic heterocycles. The summed E-state index contributed by atoms with van der Waals surface area (Å²) in [5.41, 5.74) is 1.07. The molecule has 4 heterocycles. The van der Waals surface area contributed by atoms with Crippen LogP contribution in [-0.4, -0.2) is 90.8 Å². The molecule has 4 rings (SSSR count). The van der Waals surface area contributed by atoms with E-state index in [2.05, 4.69) is 25.2 Å². The van der Waals surface area contributed by atoms with Crippen molar-refractivity contribution in [1.82, 2.24) is 24.4 Å². The Morgan fingerprint density at radius 2 is 1.96 bits per heavy atom. The van der Waals surface area contributed by atoms with Gasteiger partial charge in [-0.05, 0) is 25.9 Å². The van der Waals surface area contributed by atoms with E-state index in [0.29, 0.717) is 17.0 Å². The Morgan fingerprint density at radius 1 is 1.15 bits per heavy atom. The molecule has 0 saturated carbocycles. The van der Waals surface area contributed by atoms with Crippen LogP contribution in [0.3, 0.4) is 0 Å². The van der Waals surface area contributed by atoms with Crippen LogP contribution in [0.4, 0.5) is 5.82 Å². The largest absolute Gasteiger partial charge is 0.394 e. The number of aromatic nitrogens is 4. The highest BCUT2D eigenvalue weighted by Crippen LogP contribution is 2.32. The van der Waals surface area contributed by atoms with Gasteiger partial charge in [0, 0.05) is 13.1 Å². The fourth-order valence-electron chi connectivity index (χ4n) is 3.62. The fourth-order valence-corrected chi connectivity index (χ4v) is 3.62. The number of aliphatic hydroxyl groups is 3. The molecule has 2 fully saturated rings. The zero-order valence-corrected chi connectivity index (χ0v) is 14.4. The van der Waals surface area contributed by atoms with Crippen LogP contribution in [0.2, 0.25) is 0 Å². The molecular formula is C16H24N6O4. The number of aliphatic hydroxyl groups excluding tert-OH is 3. The van der Waals surface area contributed by atoms with Gasteiger partial charge in [0.25, 0.3) is 0 Å². The zero-order valence-electron chi connectivity index (χ0n) is 14.4. The minimum absolute atomic E-state index is 0.375. The molecule has 2 aliphatic rings. The van der Waals surface area contributed by atoms with E-state index >= 15 is 0 Å². The van der Waals surface area contributed by atoms with E-state index in [9.17, 15) is 15.3 Å². The fraction of sp³-hybridized carbons (Fsp3) is 0.688. The normalized spacial score (nSPS) is 29.7. The number of hydrogen-bond donors (Lipinski definition) is 4. The first-order valence-corrected chi connectivity index (χ1v) is 8.95. The smallest absolute Gasteiger partial charge is 0.167 e. The van der Waals surface area contributed by atoms with Crippen molar-refractivity contribution in [3.8, 4) is 0 Å². The summed E-state index contributed by atoms with van der Waals surface area (Å²) in [6, 6.07) is 0. The van der Waals surface area contributed by atoms with E-state index in [1.54, 1.807) is 4.57 Å². The SMILES string of the molecule is OC[C@H]1O[C@@H](n2cnc3c(NCCN4CCCC4)ncnc32)[C@H](O)[C@@H]1O. The maximum absolute atomic E-state index is 10.2. The quantitative estimate of drug-likeness (QED) is 0.507. The number of anilines is 1. The van der Waals surface area contributed by atoms with Gasteiger partial charge in [0.2, 0.25) is 0 Å². The number of nitrogens with one attached hydrogen (secondary N) is 1. The van der Waals surface area contributed by atoms with Gasteiger partial charge in [-0.1, -0.05) is 0 Å². The monoisotopic (exact) mass is 364 g/mol. The first-order valence-electron chi connectivity index (χ1n) is 8.95. The van der Waals surface area contributed by atoms with Crippen LogP contribution < -0.4 is 5.32 Å². The Morgan fingerprint density at radius 3 is 2.69 bits per heavy atom. The first kappa shape index (κ1) is 17.6. The Bertz CT molecular complexity index is 749. The average molecular weight is 364 g/mol. The molecule has 4 atom stereocenters. The minimum atomic E-state index is -1.17. The molecular weight excluding hydrogens is 340 g/mol. The third kappa shape index (κ3) is 3.14. The standard InChI is InChI=1S/C16H24N6O4/c23-7-10-12(24)13(25)16(26-10)22-9-20-11-14(18-8-19-15(11)22)17-3-6-21-4-1-2-5-21/h8-10,12-13,16,23-25H,1-7H2,(H,17,18,19)/t10-,12-,13-,16-/m1/s1. The molecule has 0 radical (unpaired) electrons. The maximum atomic E-state index is 10.2. The lowest BCUT2D eigenvalue weighted by molar-refractivity contribution is -0.0511. The van der Waals surface area contributed by atoms with E-state index in [0.717, 1.165) is 26.2 Å². The van der Waals surface area contributed by atoms with Gasteiger partial charge in [-0.2, -0.15) is 0 Å². The van der Waals surface area contributed by atoms with Crippen molar-refractivity contribution in [3.05, 3.63) is 12.7 Å². The van der Waals surface area contributed by atoms with Crippen LogP contribution >= 0.6 is 0 Å². The van der Waals surface area contributed by atoms with Crippen molar-refractivity contribution in [2.45, 2.75) is 37.4 Å². The molecule has 2 saturated heterocycles. The van der Waals surface area contributed by atoms with Crippen LogP contribution in [-0.2, 0) is 4.74 Å². The van der Waals surface area contributed by atoms with Crippen LogP contribution in [0.25, 0.3) is 11.2 Å². The van der Waals surface area contributed by atoms with Gasteiger partial charge in [0.05, 0.1) is 12.9 Å². The van der Waals surface area contributed by atoms with Gasteiger partial charge in [0.1, 0.15) is 24.6 Å². The topological polar surface area (TPSA) is 129 Å². The molecule has 10 nitrogen and oxygen atoms in total. The summed E-state index contributed by atoms with van der Waals surface area (Å²) in [7, 11) is 0. The number of hydrogen-bond acceptors (Lipinski definition) is 9. The van der Waals surface area contributed by atoms with Crippen LogP contribution in [0, 0.1) is 0 Å². The van der Waals surface area contributed by atoms with Gasteiger partial charge < -0.3 is 30.3 Å². The maximum Gasteiger partial charge on any atom is 0.167 e. The van der Waals surface area contributed by atoms with Gasteiger partial charge in [-0.3, -0.25) is 4.57 Å². The van der Waals surface area contributed by atoms with E-state index < -0.39 is 24.5 Å². The lowest BCUT2D eigenvalue weighted by Crippen LogP contribution is -2.33. The lowest BCUT2D eigenvalue weighted by atomic mass is 10.1. The highest BCUT2D eigenvalue weighted by molar-refractivity contribution is 5.82. The molecule has 0 unspecified atom stereocenters. The molecule has 2 aromatic heterocycles. The average Bonchev–Trinajstić information content (AvgIpc) is 3.37. The van der Waals surface area contributed by atoms with Crippen LogP contribution in [0.1, 0.15) is 19.1 Å². The van der Waals surface area contributed by atoms with E-state index in [4.69, 9.17) is 4.74 Å². The minimum Gasteiger partial charge on any atom is -0.394 e. The van der Waals surface area contributed by atoms with Crippen molar-refractivity contribution < 1.29 is 20.1 Å². The molecule has 0 aliphatic carbocycles. The number of imidazole rings is 1. The molecule has 10 heteroatoms. The number of likely N-dealkylation sites (tertiary alicyclic amines) is 1. The predicted molar refractivity (Wildman–Crippen MR) is 92.5 cm³/mol. The molecule has 0 amide bonds. The predicted octanol–water partition coefficient (Wildman–Crippen LogP) is -1.05. The van der Waals surface area contributed by atoms with Crippen LogP contribution in [0.5, 0.6) is 0 Å². The number of fused-ring (bicyclic) bond motifs is 1. The zero-order chi connectivity index (χ0) is 18.1. The summed E-state index contributed by atoms with van der Waals surface area (Å²) < 4.78 is 7.12. The molecule has 0 bridgehead atoms. The molecule has 26 heavy (non-hydrogen) atoms. The summed E-state index contributed by atoms with van der Waals surface area (Å²) >= 11 is 0. The number of ether oxygens (including phenoxy) is 1. The second-order valence-corrected chi connectivity index (χ2v) is 6.75. The highest BCUT2D eigenvalue weighted by Gasteiger charge is 2.44. The molecule has 2 aromatic rings. The van der Waals surface area contributed by atoms with E-state index in [1.165, 1.54) is 25.5 Å². The van der Waals surface area contributed by atoms with Gasteiger partial charge in [-0.25, -0.2) is 15.0 Å². The number of rotatable bonds is 6. The highest BCUT2D eigenvalue weighted by atomic mass is 16.6. The summed E-state index contributed by atoms with van der Waals surface area (Å²) in [6.07, 6.45) is 1.41. The first-order chi connectivity index (χ1) is 12.7. The Hall–Kier alpha value is -1.85. The Balaban J connectivity index is 1.51. The van der Waals surface area contributed by atoms with Crippen molar-refractivity contribution in [2.75, 3.05) is 38.1 Å². The molecule has 0 aromatic carbocycles. The molecule has 4 N–H and O–H groups in total. The second-order valence-electron chi connectivity index (χ2n) is 6.75. The summed E-state index contributed by atoms with van der Waals surface area (Å²) in [5, 5.41) is 32.7. The van der Waals surface area contributed by atoms with Crippen LogP contribution in [0.15, 0.2) is 12.7 Å². The van der Waals surface area contributed by atoms with Gasteiger partial charge in [0.15, 0.2) is 23.2 Å². The van der Waals surface area contributed by atoms with E-state index in [-0.39, 0.29) is 6.61 Å². The second kappa shape index (κ2) is 7.41. The lowest BCUT2D eigenvalue weighted by Gasteiger charge is -2.17. The third-order valence-corrected chi connectivity index (χ3v) is 5.07. The van der Waals surface area contributed by atoms with Crippen molar-refractivity contribution >= 4 is 17.0 Å². The summed E-state index contributed by atoms with van der Waals surface area (Å²) in [4.78, 5) is 15.3. The number of nitrogens with zero attached hydrogens (tertiary/aromatic N) is 5. The summed E-state index contributed by atoms with van der Waals surface area (Å²) in [5.74, 6) is 0.625. The third-order valence-electron chi connectivity index (χ3n) is 5.07. The van der Waals surface area contributed by atoms with Crippen molar-refractivity contribution in [1.29, 1.82) is 0 Å². The van der Waals surface area contributed by atoms with Gasteiger partial charge in [-0.15, -0.1) is 0 Å². The Labute approximate surface area is 150 Å². The van der Waals surface area contributed by atoms with Crippen molar-refractivity contribution in [2.24, 2.45) is 0 Å². The van der Waals surface area contributed by atoms with Crippen molar-refractivity contribution in [3.63, 3.8) is 0 Å². The molecule has 0 spiro atoms.